The van der Waals surface area contributed by atoms with Crippen molar-refractivity contribution in [3.63, 3.8) is 0 Å². The van der Waals surface area contributed by atoms with Crippen LogP contribution in [0, 0.1) is 29.1 Å². The van der Waals surface area contributed by atoms with Crippen molar-refractivity contribution in [2.24, 2.45) is 29.1 Å². The quantitative estimate of drug-likeness (QED) is 0.567. The van der Waals surface area contributed by atoms with Crippen LogP contribution in [0.1, 0.15) is 68.2 Å². The number of amides is 1. The smallest absolute Gasteiger partial charge is 0.326 e. The predicted octanol–water partition coefficient (Wildman–Crippen LogP) is 3.98. The van der Waals surface area contributed by atoms with Gasteiger partial charge in [-0.15, -0.1) is 0 Å². The maximum atomic E-state index is 13.3. The maximum absolute atomic E-state index is 13.3. The summed E-state index contributed by atoms with van der Waals surface area (Å²) in [6, 6.07) is -1.03. The van der Waals surface area contributed by atoms with Crippen molar-refractivity contribution >= 4 is 29.6 Å². The molecule has 4 unspecified atom stereocenters. The van der Waals surface area contributed by atoms with Gasteiger partial charge in [0.1, 0.15) is 11.6 Å². The van der Waals surface area contributed by atoms with E-state index in [0.717, 1.165) is 17.9 Å². The number of aliphatic carboxylic acids is 1. The molecule has 1 rings (SSSR count). The summed E-state index contributed by atoms with van der Waals surface area (Å²) in [6.45, 7) is 14.8. The fourth-order valence-electron chi connectivity index (χ4n) is 3.71. The standard InChI is InChI=1S/C22H39NO5S/c1-13(2)11-15(18(24)23-17(19(25)26)21(3,4)5)16(14-9-10-29-12-14)20(27)28-22(6,7)8/h13-17H,9-12H2,1-8H3,(H,23,24)(H,25,26). The molecular weight excluding hydrogens is 390 g/mol. The Bertz CT molecular complexity index is 585. The Balaban J connectivity index is 3.24. The first kappa shape index (κ1) is 25.8. The molecule has 0 aromatic heterocycles. The highest BCUT2D eigenvalue weighted by atomic mass is 32.2. The van der Waals surface area contributed by atoms with Gasteiger partial charge in [-0.2, -0.15) is 11.8 Å². The van der Waals surface area contributed by atoms with Crippen LogP contribution in [0.2, 0.25) is 0 Å². The fourth-order valence-corrected chi connectivity index (χ4v) is 5.03. The van der Waals surface area contributed by atoms with Crippen LogP contribution in [0.4, 0.5) is 0 Å². The van der Waals surface area contributed by atoms with Gasteiger partial charge in [0.05, 0.1) is 11.8 Å². The molecule has 0 saturated carbocycles. The number of rotatable bonds is 8. The minimum absolute atomic E-state index is 0.0577. The molecule has 0 aromatic carbocycles. The zero-order chi connectivity index (χ0) is 22.6. The summed E-state index contributed by atoms with van der Waals surface area (Å²) >= 11 is 1.78. The van der Waals surface area contributed by atoms with Crippen LogP contribution in [0.5, 0.6) is 0 Å². The molecule has 1 aliphatic heterocycles. The molecule has 7 heteroatoms. The van der Waals surface area contributed by atoms with Crippen LogP contribution in [-0.2, 0) is 19.1 Å². The third kappa shape index (κ3) is 8.19. The minimum Gasteiger partial charge on any atom is -0.480 e. The van der Waals surface area contributed by atoms with Gasteiger partial charge in [-0.05, 0) is 62.4 Å². The minimum atomic E-state index is -1.07. The van der Waals surface area contributed by atoms with Crippen LogP contribution in [0.3, 0.4) is 0 Å². The monoisotopic (exact) mass is 429 g/mol. The van der Waals surface area contributed by atoms with Gasteiger partial charge in [0.15, 0.2) is 0 Å². The molecule has 2 N–H and O–H groups in total. The number of hydrogen-bond acceptors (Lipinski definition) is 5. The van der Waals surface area contributed by atoms with E-state index in [4.69, 9.17) is 4.74 Å². The van der Waals surface area contributed by atoms with Crippen LogP contribution in [0.15, 0.2) is 0 Å². The van der Waals surface area contributed by atoms with Crippen LogP contribution < -0.4 is 5.32 Å². The number of nitrogens with one attached hydrogen (secondary N) is 1. The summed E-state index contributed by atoms with van der Waals surface area (Å²) in [5.41, 5.74) is -1.29. The largest absolute Gasteiger partial charge is 0.480 e. The van der Waals surface area contributed by atoms with Crippen LogP contribution >= 0.6 is 11.8 Å². The Morgan fingerprint density at radius 1 is 1.14 bits per heavy atom. The Labute approximate surface area is 179 Å². The zero-order valence-electron chi connectivity index (χ0n) is 19.2. The van der Waals surface area contributed by atoms with Gasteiger partial charge in [-0.1, -0.05) is 34.6 Å². The highest BCUT2D eigenvalue weighted by Gasteiger charge is 2.44. The summed E-state index contributed by atoms with van der Waals surface area (Å²) in [5.74, 6) is -0.960. The van der Waals surface area contributed by atoms with E-state index in [1.54, 1.807) is 32.5 Å². The molecule has 1 heterocycles. The van der Waals surface area contributed by atoms with Crippen molar-refractivity contribution < 1.29 is 24.2 Å². The third-order valence-corrected chi connectivity index (χ3v) is 6.24. The van der Waals surface area contributed by atoms with Gasteiger partial charge in [0.25, 0.3) is 0 Å². The molecule has 0 spiro atoms. The van der Waals surface area contributed by atoms with Crippen molar-refractivity contribution in [1.29, 1.82) is 0 Å². The number of carboxylic acid groups (broad SMARTS) is 1. The number of carbonyl (C=O) groups excluding carboxylic acids is 2. The first-order valence-electron chi connectivity index (χ1n) is 10.5. The highest BCUT2D eigenvalue weighted by Crippen LogP contribution is 2.38. The summed E-state index contributed by atoms with van der Waals surface area (Å²) < 4.78 is 5.70. The molecule has 1 fully saturated rings. The first-order chi connectivity index (χ1) is 13.1. The number of ether oxygens (including phenoxy) is 1. The lowest BCUT2D eigenvalue weighted by atomic mass is 9.76. The van der Waals surface area contributed by atoms with Crippen LogP contribution in [-0.4, -0.2) is 46.1 Å². The molecule has 1 amide bonds. The van der Waals surface area contributed by atoms with E-state index in [9.17, 15) is 19.5 Å². The highest BCUT2D eigenvalue weighted by molar-refractivity contribution is 7.99. The summed E-state index contributed by atoms with van der Waals surface area (Å²) in [5, 5.41) is 12.4. The lowest BCUT2D eigenvalue weighted by Crippen LogP contribution is -2.53. The molecular formula is C22H39NO5S. The second kappa shape index (κ2) is 10.2. The van der Waals surface area contributed by atoms with E-state index >= 15 is 0 Å². The predicted molar refractivity (Wildman–Crippen MR) is 117 cm³/mol. The molecule has 6 nitrogen and oxygen atoms in total. The van der Waals surface area contributed by atoms with E-state index < -0.39 is 34.9 Å². The molecule has 0 aromatic rings. The van der Waals surface area contributed by atoms with Crippen molar-refractivity contribution in [3.05, 3.63) is 0 Å². The number of carboxylic acids is 1. The van der Waals surface area contributed by atoms with E-state index in [2.05, 4.69) is 5.32 Å². The number of carbonyl (C=O) groups is 3. The maximum Gasteiger partial charge on any atom is 0.326 e. The molecule has 0 aliphatic carbocycles. The average molecular weight is 430 g/mol. The fraction of sp³-hybridized carbons (Fsp3) is 0.864. The zero-order valence-corrected chi connectivity index (χ0v) is 20.0. The van der Waals surface area contributed by atoms with E-state index in [1.165, 1.54) is 0 Å². The lowest BCUT2D eigenvalue weighted by molar-refractivity contribution is -0.166. The van der Waals surface area contributed by atoms with Gasteiger partial charge in [-0.25, -0.2) is 4.79 Å². The first-order valence-corrected chi connectivity index (χ1v) is 11.6. The molecule has 29 heavy (non-hydrogen) atoms. The van der Waals surface area contributed by atoms with Crippen molar-refractivity contribution in [2.45, 2.75) is 79.9 Å². The molecule has 168 valence electrons. The Kier molecular flexibility index (Phi) is 9.06. The SMILES string of the molecule is CC(C)CC(C(=O)NC(C(=O)O)C(C)(C)C)C(C(=O)OC(C)(C)C)C1CCSC1. The van der Waals surface area contributed by atoms with Gasteiger partial charge in [0.2, 0.25) is 5.91 Å². The van der Waals surface area contributed by atoms with Gasteiger partial charge < -0.3 is 15.2 Å². The van der Waals surface area contributed by atoms with Crippen LogP contribution in [0.25, 0.3) is 0 Å². The number of esters is 1. The number of hydrogen-bond donors (Lipinski definition) is 2. The van der Waals surface area contributed by atoms with Crippen molar-refractivity contribution in [1.82, 2.24) is 5.32 Å². The molecule has 1 aliphatic rings. The molecule has 0 bridgehead atoms. The average Bonchev–Trinajstić information content (AvgIpc) is 3.02. The Morgan fingerprint density at radius 3 is 2.10 bits per heavy atom. The van der Waals surface area contributed by atoms with Crippen molar-refractivity contribution in [2.75, 3.05) is 11.5 Å². The second-order valence-electron chi connectivity index (χ2n) is 10.6. The normalized spacial score (nSPS) is 20.8. The summed E-state index contributed by atoms with van der Waals surface area (Å²) in [4.78, 5) is 38.2. The van der Waals surface area contributed by atoms with Gasteiger partial charge in [0, 0.05) is 0 Å². The van der Waals surface area contributed by atoms with E-state index in [1.807, 2.05) is 34.6 Å². The topological polar surface area (TPSA) is 92.7 Å². The lowest BCUT2D eigenvalue weighted by Gasteiger charge is -2.35. The Hall–Kier alpha value is -1.24. The Morgan fingerprint density at radius 2 is 1.72 bits per heavy atom. The summed E-state index contributed by atoms with van der Waals surface area (Å²) in [6.07, 6.45) is 1.37. The molecule has 0 radical (unpaired) electrons. The molecule has 1 saturated heterocycles. The van der Waals surface area contributed by atoms with E-state index in [0.29, 0.717) is 6.42 Å². The second-order valence-corrected chi connectivity index (χ2v) is 11.7. The van der Waals surface area contributed by atoms with Gasteiger partial charge >= 0.3 is 11.9 Å². The number of thioether (sulfide) groups is 1. The third-order valence-electron chi connectivity index (χ3n) is 5.05. The van der Waals surface area contributed by atoms with E-state index in [-0.39, 0.29) is 23.7 Å². The summed E-state index contributed by atoms with van der Waals surface area (Å²) in [7, 11) is 0. The van der Waals surface area contributed by atoms with Crippen molar-refractivity contribution in [3.8, 4) is 0 Å². The molecule has 4 atom stereocenters. The van der Waals surface area contributed by atoms with Gasteiger partial charge in [-0.3, -0.25) is 9.59 Å².